The fraction of sp³-hybridized carbons (Fsp3) is 0.381. The smallest absolute Gasteiger partial charge is 0.417 e. The van der Waals surface area contributed by atoms with Gasteiger partial charge in [-0.05, 0) is 19.1 Å². The predicted octanol–water partition coefficient (Wildman–Crippen LogP) is 3.83. The Morgan fingerprint density at radius 2 is 1.91 bits per heavy atom. The van der Waals surface area contributed by atoms with E-state index in [2.05, 4.69) is 22.9 Å². The predicted molar refractivity (Wildman–Crippen MR) is 113 cm³/mol. The van der Waals surface area contributed by atoms with E-state index in [9.17, 15) is 31.5 Å². The molecule has 0 unspecified atom stereocenters. The second-order valence-electron chi connectivity index (χ2n) is 7.85. The molecule has 0 radical (unpaired) electrons. The van der Waals surface area contributed by atoms with Gasteiger partial charge in [-0.1, -0.05) is 13.0 Å². The first kappa shape index (κ1) is 25.7. The number of alkyl halides is 3. The molecular formula is C21H20F5N3O4S. The molecule has 0 spiro atoms. The van der Waals surface area contributed by atoms with E-state index in [4.69, 9.17) is 15.2 Å². The highest BCUT2D eigenvalue weighted by atomic mass is 32.1. The van der Waals surface area contributed by atoms with Crippen LogP contribution in [0.2, 0.25) is 0 Å². The minimum atomic E-state index is -4.91. The minimum Gasteiger partial charge on any atom is -0.493 e. The van der Waals surface area contributed by atoms with Crippen LogP contribution in [0.15, 0.2) is 29.3 Å². The van der Waals surface area contributed by atoms with Gasteiger partial charge in [-0.25, -0.2) is 9.37 Å². The molecule has 184 valence electrons. The van der Waals surface area contributed by atoms with Gasteiger partial charge >= 0.3 is 6.18 Å². The van der Waals surface area contributed by atoms with Crippen LogP contribution in [0.3, 0.4) is 0 Å². The number of carbonyl (C=O) groups is 2. The lowest BCUT2D eigenvalue weighted by Crippen LogP contribution is -2.47. The van der Waals surface area contributed by atoms with Crippen molar-refractivity contribution in [3.05, 3.63) is 47.3 Å². The van der Waals surface area contributed by atoms with Gasteiger partial charge in [0.05, 0.1) is 17.7 Å². The summed E-state index contributed by atoms with van der Waals surface area (Å²) in [6.45, 7) is 1.96. The molecule has 1 aliphatic heterocycles. The number of halogens is 5. The van der Waals surface area contributed by atoms with Gasteiger partial charge in [0.2, 0.25) is 5.82 Å². The van der Waals surface area contributed by atoms with E-state index >= 15 is 0 Å². The second kappa shape index (κ2) is 9.02. The number of carbonyl (C=O) groups excluding carboxylic acids is 2. The monoisotopic (exact) mass is 505 g/mol. The molecule has 34 heavy (non-hydrogen) atoms. The lowest BCUT2D eigenvalue weighted by Gasteiger charge is -2.32. The molecule has 2 heterocycles. The van der Waals surface area contributed by atoms with Crippen molar-refractivity contribution in [3.63, 3.8) is 0 Å². The summed E-state index contributed by atoms with van der Waals surface area (Å²) in [6, 6.07) is 3.03. The van der Waals surface area contributed by atoms with Crippen LogP contribution in [-0.4, -0.2) is 41.8 Å². The molecule has 3 rings (SSSR count). The third-order valence-corrected chi connectivity index (χ3v) is 6.44. The Bertz CT molecular complexity index is 1150. The maximum absolute atomic E-state index is 14.4. The van der Waals surface area contributed by atoms with E-state index in [-0.39, 0.29) is 21.8 Å². The maximum atomic E-state index is 14.4. The molecule has 4 atom stereocenters. The molecule has 13 heteroatoms. The quantitative estimate of drug-likeness (QED) is 0.423. The average Bonchev–Trinajstić information content (AvgIpc) is 3.03. The number of methoxy groups -OCH3 is 1. The average molecular weight is 505 g/mol. The van der Waals surface area contributed by atoms with Crippen LogP contribution in [0.5, 0.6) is 5.75 Å². The van der Waals surface area contributed by atoms with Crippen molar-refractivity contribution < 1.29 is 41.0 Å². The Balaban J connectivity index is 2.11. The topological polar surface area (TPSA) is 104 Å². The van der Waals surface area contributed by atoms with Gasteiger partial charge in [-0.2, -0.15) is 17.6 Å². The fourth-order valence-corrected chi connectivity index (χ4v) is 4.28. The van der Waals surface area contributed by atoms with Crippen molar-refractivity contribution in [2.45, 2.75) is 42.5 Å². The molecular weight excluding hydrogens is 485 g/mol. The van der Waals surface area contributed by atoms with Gasteiger partial charge in [0.15, 0.2) is 17.2 Å². The van der Waals surface area contributed by atoms with Crippen molar-refractivity contribution in [2.24, 2.45) is 11.7 Å². The summed E-state index contributed by atoms with van der Waals surface area (Å²) < 4.78 is 80.3. The number of benzene rings is 1. The normalized spacial score (nSPS) is 24.7. The molecule has 1 aromatic carbocycles. The maximum Gasteiger partial charge on any atom is 0.417 e. The molecule has 1 aliphatic rings. The molecule has 0 aliphatic carbocycles. The first-order valence-electron chi connectivity index (χ1n) is 9.79. The van der Waals surface area contributed by atoms with Crippen molar-refractivity contribution in [1.82, 2.24) is 4.98 Å². The number of nitrogens with one attached hydrogen (secondary N) is 1. The van der Waals surface area contributed by atoms with E-state index in [1.54, 1.807) is 0 Å². The van der Waals surface area contributed by atoms with Crippen LogP contribution >= 0.6 is 12.6 Å². The zero-order valence-corrected chi connectivity index (χ0v) is 18.9. The Hall–Kier alpha value is -2.93. The number of rotatable bonds is 5. The number of primary amides is 1. The van der Waals surface area contributed by atoms with Gasteiger partial charge in [0, 0.05) is 23.6 Å². The van der Waals surface area contributed by atoms with Crippen molar-refractivity contribution in [1.29, 1.82) is 0 Å². The molecule has 3 N–H and O–H groups in total. The third kappa shape index (κ3) is 4.17. The number of nitrogens with two attached hydrogens (primary N) is 1. The molecule has 1 aromatic heterocycles. The molecule has 2 amide bonds. The second-order valence-corrected chi connectivity index (χ2v) is 8.30. The molecule has 7 nitrogen and oxygen atoms in total. The largest absolute Gasteiger partial charge is 0.493 e. The Kier molecular flexibility index (Phi) is 6.82. The molecule has 1 saturated heterocycles. The number of pyridine rings is 1. The van der Waals surface area contributed by atoms with E-state index in [0.29, 0.717) is 0 Å². The lowest BCUT2D eigenvalue weighted by atomic mass is 9.77. The van der Waals surface area contributed by atoms with Crippen LogP contribution in [0, 0.1) is 17.6 Å². The van der Waals surface area contributed by atoms with Gasteiger partial charge < -0.3 is 20.5 Å². The summed E-state index contributed by atoms with van der Waals surface area (Å²) in [6.07, 6.45) is -5.57. The van der Waals surface area contributed by atoms with Gasteiger partial charge in [0.1, 0.15) is 11.8 Å². The number of amides is 2. The van der Waals surface area contributed by atoms with Crippen LogP contribution < -0.4 is 15.8 Å². The van der Waals surface area contributed by atoms with Gasteiger partial charge in [-0.3, -0.25) is 9.59 Å². The van der Waals surface area contributed by atoms with E-state index in [0.717, 1.165) is 32.4 Å². The Morgan fingerprint density at radius 3 is 2.47 bits per heavy atom. The van der Waals surface area contributed by atoms with Crippen LogP contribution in [0.1, 0.15) is 35.8 Å². The van der Waals surface area contributed by atoms with Crippen LogP contribution in [0.4, 0.5) is 27.6 Å². The van der Waals surface area contributed by atoms with Crippen LogP contribution in [0.25, 0.3) is 0 Å². The summed E-state index contributed by atoms with van der Waals surface area (Å²) in [5.74, 6) is -8.13. The van der Waals surface area contributed by atoms with Crippen molar-refractivity contribution in [3.8, 4) is 5.75 Å². The first-order chi connectivity index (χ1) is 15.7. The van der Waals surface area contributed by atoms with Crippen molar-refractivity contribution in [2.75, 3.05) is 12.4 Å². The number of anilines is 1. The Morgan fingerprint density at radius 1 is 1.26 bits per heavy atom. The molecule has 1 fully saturated rings. The number of thiol groups is 1. The standard InChI is InChI=1S/C21H20F5N3O4S/c1-8-12(9-4-5-10(22)13(23)15(9)32-3)16(33-20(8,2)21(24,25)26)19(31)29-11-6-7-28-14(17(11)34)18(27)30/h4-8,12,16,34H,1-3H3,(H2,27,30)(H,28,29,31)/t8-,12-,16+,20+/m0/s1. The third-order valence-electron chi connectivity index (χ3n) is 5.99. The van der Waals surface area contributed by atoms with E-state index in [1.807, 2.05) is 0 Å². The van der Waals surface area contributed by atoms with E-state index in [1.165, 1.54) is 13.0 Å². The van der Waals surface area contributed by atoms with Crippen molar-refractivity contribution >= 4 is 30.1 Å². The minimum absolute atomic E-state index is 0.0648. The first-order valence-corrected chi connectivity index (χ1v) is 10.2. The summed E-state index contributed by atoms with van der Waals surface area (Å²) in [4.78, 5) is 28.3. The number of ether oxygens (including phenoxy) is 2. The summed E-state index contributed by atoms with van der Waals surface area (Å²) >= 11 is 4.10. The summed E-state index contributed by atoms with van der Waals surface area (Å²) in [5.41, 5.74) is 1.87. The Labute approximate surface area is 196 Å². The number of hydrogen-bond acceptors (Lipinski definition) is 6. The van der Waals surface area contributed by atoms with Gasteiger partial charge in [-0.15, -0.1) is 12.6 Å². The zero-order valence-electron chi connectivity index (χ0n) is 18.0. The van der Waals surface area contributed by atoms with Crippen LogP contribution in [-0.2, 0) is 9.53 Å². The lowest BCUT2D eigenvalue weighted by molar-refractivity contribution is -0.272. The van der Waals surface area contributed by atoms with E-state index < -0.39 is 58.9 Å². The molecule has 2 aromatic rings. The number of nitrogens with zero attached hydrogens (tertiary/aromatic N) is 1. The molecule has 0 bridgehead atoms. The highest BCUT2D eigenvalue weighted by Gasteiger charge is 2.65. The zero-order chi connectivity index (χ0) is 25.6. The fourth-order valence-electron chi connectivity index (χ4n) is 3.98. The number of hydrogen-bond donors (Lipinski definition) is 3. The SMILES string of the molecule is COc1c([C@H]2[C@H](C(=O)Nc3ccnc(C(N)=O)c3S)O[C@@](C)(C(F)(F)F)[C@H]2C)ccc(F)c1F. The number of aromatic nitrogens is 1. The molecule has 0 saturated carbocycles. The van der Waals surface area contributed by atoms with Gasteiger partial charge in [0.25, 0.3) is 11.8 Å². The summed E-state index contributed by atoms with van der Waals surface area (Å²) in [5, 5.41) is 2.36. The highest BCUT2D eigenvalue weighted by molar-refractivity contribution is 7.80. The highest BCUT2D eigenvalue weighted by Crippen LogP contribution is 2.55. The summed E-state index contributed by atoms with van der Waals surface area (Å²) in [7, 11) is 1.02.